The summed E-state index contributed by atoms with van der Waals surface area (Å²) in [6.45, 7) is 1.52. The number of amides is 1. The molecule has 2 aromatic carbocycles. The molecule has 6 heteroatoms. The van der Waals surface area contributed by atoms with Gasteiger partial charge in [-0.1, -0.05) is 12.1 Å². The van der Waals surface area contributed by atoms with E-state index in [1.165, 1.54) is 38.5 Å². The number of hydrogen-bond acceptors (Lipinski definition) is 4. The molecule has 0 bridgehead atoms. The first-order chi connectivity index (χ1) is 11.4. The minimum Gasteiger partial charge on any atom is -0.497 e. The Balaban J connectivity index is 2.11. The zero-order chi connectivity index (χ0) is 17.7. The summed E-state index contributed by atoms with van der Waals surface area (Å²) in [7, 11) is 2.99. The Morgan fingerprint density at radius 3 is 2.17 bits per heavy atom. The van der Waals surface area contributed by atoms with Gasteiger partial charge in [0.1, 0.15) is 22.9 Å². The highest BCUT2D eigenvalue weighted by Crippen LogP contribution is 2.23. The molecule has 0 heterocycles. The van der Waals surface area contributed by atoms with Crippen LogP contribution >= 0.6 is 0 Å². The standard InChI is InChI=1S/C18H20FNO4/c1-18(22,13-4-6-14(19)7-5-13)11-20-17(21)12-8-15(23-2)10-16(9-12)24-3/h4-10,22H,11H2,1-3H3,(H,20,21). The topological polar surface area (TPSA) is 67.8 Å². The number of carbonyl (C=O) groups is 1. The second kappa shape index (κ2) is 7.31. The van der Waals surface area contributed by atoms with E-state index in [1.807, 2.05) is 0 Å². The van der Waals surface area contributed by atoms with E-state index in [0.717, 1.165) is 0 Å². The van der Waals surface area contributed by atoms with Crippen molar-refractivity contribution < 1.29 is 23.8 Å². The Labute approximate surface area is 140 Å². The van der Waals surface area contributed by atoms with E-state index in [2.05, 4.69) is 5.32 Å². The highest BCUT2D eigenvalue weighted by Gasteiger charge is 2.24. The first-order valence-electron chi connectivity index (χ1n) is 7.35. The van der Waals surface area contributed by atoms with Crippen LogP contribution in [0, 0.1) is 5.82 Å². The van der Waals surface area contributed by atoms with Crippen molar-refractivity contribution >= 4 is 5.91 Å². The molecule has 2 aromatic rings. The van der Waals surface area contributed by atoms with E-state index in [9.17, 15) is 14.3 Å². The normalized spacial score (nSPS) is 13.0. The molecule has 0 saturated carbocycles. The van der Waals surface area contributed by atoms with Crippen molar-refractivity contribution in [2.75, 3.05) is 20.8 Å². The van der Waals surface area contributed by atoms with Gasteiger partial charge in [0.25, 0.3) is 5.91 Å². The van der Waals surface area contributed by atoms with Crippen LogP contribution in [0.4, 0.5) is 4.39 Å². The third-order valence-electron chi connectivity index (χ3n) is 3.67. The molecule has 0 spiro atoms. The number of benzene rings is 2. The highest BCUT2D eigenvalue weighted by atomic mass is 19.1. The fraction of sp³-hybridized carbons (Fsp3) is 0.278. The third kappa shape index (κ3) is 4.23. The molecule has 0 aliphatic rings. The number of rotatable bonds is 6. The van der Waals surface area contributed by atoms with Gasteiger partial charge >= 0.3 is 0 Å². The zero-order valence-corrected chi connectivity index (χ0v) is 13.8. The first-order valence-corrected chi connectivity index (χ1v) is 7.35. The molecule has 0 aliphatic heterocycles. The van der Waals surface area contributed by atoms with Gasteiger partial charge in [-0.15, -0.1) is 0 Å². The smallest absolute Gasteiger partial charge is 0.251 e. The van der Waals surface area contributed by atoms with Crippen molar-refractivity contribution in [1.29, 1.82) is 0 Å². The second-order valence-corrected chi connectivity index (χ2v) is 5.56. The Bertz CT molecular complexity index is 691. The Morgan fingerprint density at radius 2 is 1.67 bits per heavy atom. The number of hydrogen-bond donors (Lipinski definition) is 2. The molecule has 0 fully saturated rings. The molecule has 0 saturated heterocycles. The summed E-state index contributed by atoms with van der Waals surface area (Å²) in [6.07, 6.45) is 0. The van der Waals surface area contributed by atoms with Crippen molar-refractivity contribution in [3.05, 3.63) is 59.4 Å². The lowest BCUT2D eigenvalue weighted by Gasteiger charge is -2.24. The number of halogens is 1. The number of aliphatic hydroxyl groups is 1. The molecule has 128 valence electrons. The maximum atomic E-state index is 13.0. The molecule has 1 unspecified atom stereocenters. The second-order valence-electron chi connectivity index (χ2n) is 5.56. The average Bonchev–Trinajstić information content (AvgIpc) is 2.59. The number of ether oxygens (including phenoxy) is 2. The average molecular weight is 333 g/mol. The Morgan fingerprint density at radius 1 is 1.12 bits per heavy atom. The first kappa shape index (κ1) is 17.7. The van der Waals surface area contributed by atoms with Gasteiger partial charge in [-0.25, -0.2) is 4.39 Å². The monoisotopic (exact) mass is 333 g/mol. The van der Waals surface area contributed by atoms with Crippen LogP contribution in [-0.2, 0) is 5.60 Å². The van der Waals surface area contributed by atoms with Gasteiger partial charge in [-0.05, 0) is 36.8 Å². The molecule has 2 N–H and O–H groups in total. The van der Waals surface area contributed by atoms with E-state index >= 15 is 0 Å². The minimum atomic E-state index is -1.33. The molecule has 0 radical (unpaired) electrons. The lowest BCUT2D eigenvalue weighted by atomic mass is 9.96. The van der Waals surface area contributed by atoms with Gasteiger partial charge in [0.2, 0.25) is 0 Å². The summed E-state index contributed by atoms with van der Waals surface area (Å²) < 4.78 is 23.2. The lowest BCUT2D eigenvalue weighted by Crippen LogP contribution is -2.38. The fourth-order valence-corrected chi connectivity index (χ4v) is 2.20. The van der Waals surface area contributed by atoms with Gasteiger partial charge in [0.05, 0.1) is 20.8 Å². The third-order valence-corrected chi connectivity index (χ3v) is 3.67. The van der Waals surface area contributed by atoms with E-state index in [4.69, 9.17) is 9.47 Å². The predicted octanol–water partition coefficient (Wildman–Crippen LogP) is 2.48. The molecule has 0 aromatic heterocycles. The largest absolute Gasteiger partial charge is 0.497 e. The Kier molecular flexibility index (Phi) is 5.41. The maximum Gasteiger partial charge on any atom is 0.251 e. The molecule has 1 atom stereocenters. The molecule has 2 rings (SSSR count). The molecule has 24 heavy (non-hydrogen) atoms. The van der Waals surface area contributed by atoms with Gasteiger partial charge in [-0.3, -0.25) is 4.79 Å². The van der Waals surface area contributed by atoms with Gasteiger partial charge in [0, 0.05) is 11.6 Å². The van der Waals surface area contributed by atoms with E-state index in [-0.39, 0.29) is 18.3 Å². The molecular weight excluding hydrogens is 313 g/mol. The Hall–Kier alpha value is -2.60. The van der Waals surface area contributed by atoms with Crippen LogP contribution in [0.15, 0.2) is 42.5 Å². The molecule has 0 aliphatic carbocycles. The van der Waals surface area contributed by atoms with E-state index in [1.54, 1.807) is 25.1 Å². The van der Waals surface area contributed by atoms with Crippen molar-refractivity contribution in [2.45, 2.75) is 12.5 Å². The van der Waals surface area contributed by atoms with Crippen molar-refractivity contribution in [1.82, 2.24) is 5.32 Å². The number of nitrogens with one attached hydrogen (secondary N) is 1. The van der Waals surface area contributed by atoms with Gasteiger partial charge in [-0.2, -0.15) is 0 Å². The van der Waals surface area contributed by atoms with Crippen LogP contribution in [0.25, 0.3) is 0 Å². The summed E-state index contributed by atoms with van der Waals surface area (Å²) >= 11 is 0. The number of methoxy groups -OCH3 is 2. The molecule has 1 amide bonds. The quantitative estimate of drug-likeness (QED) is 0.852. The fourth-order valence-electron chi connectivity index (χ4n) is 2.20. The summed E-state index contributed by atoms with van der Waals surface area (Å²) in [6, 6.07) is 10.3. The summed E-state index contributed by atoms with van der Waals surface area (Å²) in [5, 5.41) is 13.1. The summed E-state index contributed by atoms with van der Waals surface area (Å²) in [5.41, 5.74) is -0.472. The van der Waals surface area contributed by atoms with Gasteiger partial charge in [0.15, 0.2) is 0 Å². The summed E-state index contributed by atoms with van der Waals surface area (Å²) in [4.78, 5) is 12.3. The van der Waals surface area contributed by atoms with Crippen LogP contribution < -0.4 is 14.8 Å². The predicted molar refractivity (Wildman–Crippen MR) is 87.9 cm³/mol. The molecular formula is C18H20FNO4. The van der Waals surface area contributed by atoms with Crippen LogP contribution in [0.2, 0.25) is 0 Å². The zero-order valence-electron chi connectivity index (χ0n) is 13.8. The van der Waals surface area contributed by atoms with E-state index < -0.39 is 5.60 Å². The van der Waals surface area contributed by atoms with Crippen molar-refractivity contribution in [3.63, 3.8) is 0 Å². The van der Waals surface area contributed by atoms with Crippen LogP contribution in [-0.4, -0.2) is 31.8 Å². The van der Waals surface area contributed by atoms with Crippen LogP contribution in [0.5, 0.6) is 11.5 Å². The lowest BCUT2D eigenvalue weighted by molar-refractivity contribution is 0.0526. The van der Waals surface area contributed by atoms with Gasteiger partial charge < -0.3 is 19.9 Å². The summed E-state index contributed by atoms with van der Waals surface area (Å²) in [5.74, 6) is 0.214. The SMILES string of the molecule is COc1cc(OC)cc(C(=O)NCC(C)(O)c2ccc(F)cc2)c1. The van der Waals surface area contributed by atoms with Crippen molar-refractivity contribution in [3.8, 4) is 11.5 Å². The van der Waals surface area contributed by atoms with E-state index in [0.29, 0.717) is 22.6 Å². The number of carbonyl (C=O) groups excluding carboxylic acids is 1. The maximum absolute atomic E-state index is 13.0. The van der Waals surface area contributed by atoms with Crippen LogP contribution in [0.3, 0.4) is 0 Å². The minimum absolute atomic E-state index is 0.0308. The molecule has 5 nitrogen and oxygen atoms in total. The highest BCUT2D eigenvalue weighted by molar-refractivity contribution is 5.95. The van der Waals surface area contributed by atoms with Crippen LogP contribution in [0.1, 0.15) is 22.8 Å². The van der Waals surface area contributed by atoms with Crippen molar-refractivity contribution in [2.24, 2.45) is 0 Å².